The molecule has 0 spiro atoms. The number of nitrogens with zero attached hydrogens (tertiary/aromatic N) is 3. The highest BCUT2D eigenvalue weighted by molar-refractivity contribution is 8.77. The van der Waals surface area contributed by atoms with Gasteiger partial charge in [0, 0.05) is 171 Å². The van der Waals surface area contributed by atoms with Crippen LogP contribution in [0, 0.1) is 0 Å². The van der Waals surface area contributed by atoms with Crippen molar-refractivity contribution in [3.8, 4) is 0 Å². The molecule has 0 aliphatic carbocycles. The Morgan fingerprint density at radius 1 is 0.459 bits per heavy atom. The van der Waals surface area contributed by atoms with E-state index >= 15 is 0 Å². The number of carbonyl (C=O) groups excluding carboxylic acids is 21. The second-order valence-electron chi connectivity index (χ2n) is 32.1. The molecule has 0 aromatic heterocycles. The molecule has 760 valence electrons. The van der Waals surface area contributed by atoms with Crippen molar-refractivity contribution in [2.45, 2.75) is 202 Å². The van der Waals surface area contributed by atoms with Gasteiger partial charge < -0.3 is 118 Å². The molecule has 0 saturated carbocycles. The molecule has 51 heteroatoms. The first-order valence-electron chi connectivity index (χ1n) is 45.1. The number of imide groups is 3. The van der Waals surface area contributed by atoms with E-state index in [-0.39, 0.29) is 282 Å². The molecule has 8 atom stereocenters. The average molecular weight is 1990 g/mol. The summed E-state index contributed by atoms with van der Waals surface area (Å²) in [5.74, 6) is -11.5. The molecule has 4 rings (SSSR count). The maximum atomic E-state index is 13.8. The number of fused-ring (bicyclic) bond motifs is 4. The Balaban J connectivity index is 1.30. The van der Waals surface area contributed by atoms with E-state index in [2.05, 4.69) is 69.1 Å². The third-order valence-corrected chi connectivity index (χ3v) is 25.8. The van der Waals surface area contributed by atoms with Crippen molar-refractivity contribution in [2.24, 2.45) is 11.5 Å². The predicted molar refractivity (Wildman–Crippen MR) is 494 cm³/mol. The fraction of sp³-hybridized carbons (Fsp3) is 0.726. The lowest BCUT2D eigenvalue weighted by Gasteiger charge is -2.23. The van der Waals surface area contributed by atoms with Gasteiger partial charge in [0.05, 0.1) is 116 Å². The number of carbonyl (C=O) groups is 21. The van der Waals surface area contributed by atoms with Gasteiger partial charge in [-0.1, -0.05) is 42.4 Å². The maximum absolute atomic E-state index is 13.8. The van der Waals surface area contributed by atoms with Gasteiger partial charge in [0.25, 0.3) is 11.8 Å². The van der Waals surface area contributed by atoms with E-state index in [9.17, 15) is 101 Å². The van der Waals surface area contributed by atoms with Gasteiger partial charge in [-0.15, -0.1) is 23.5 Å². The molecule has 47 nitrogen and oxygen atoms in total. The van der Waals surface area contributed by atoms with Gasteiger partial charge in [-0.25, -0.2) is 0 Å². The zero-order valence-electron chi connectivity index (χ0n) is 77.5. The van der Waals surface area contributed by atoms with Crippen molar-refractivity contribution in [1.29, 1.82) is 0 Å². The second-order valence-corrected chi connectivity index (χ2v) is 37.7. The molecule has 135 heavy (non-hydrogen) atoms. The van der Waals surface area contributed by atoms with Crippen LogP contribution in [0.4, 0.5) is 0 Å². The highest BCUT2D eigenvalue weighted by Crippen LogP contribution is 2.35. The number of amides is 21. The minimum absolute atomic E-state index is 0.00336. The lowest BCUT2D eigenvalue weighted by atomic mass is 10.1. The molecule has 0 radical (unpaired) electrons. The Bertz CT molecular complexity index is 3910. The van der Waals surface area contributed by atoms with Gasteiger partial charge in [0.2, 0.25) is 112 Å². The van der Waals surface area contributed by atoms with Crippen LogP contribution >= 0.6 is 45.1 Å². The summed E-state index contributed by atoms with van der Waals surface area (Å²) >= 11 is 2.00. The molecule has 21 amide bonds. The minimum atomic E-state index is -1.17. The van der Waals surface area contributed by atoms with Crippen LogP contribution in [0.15, 0.2) is 12.2 Å². The van der Waals surface area contributed by atoms with Crippen molar-refractivity contribution in [3.63, 3.8) is 0 Å². The number of nitrogens with one attached hydrogen (secondary N) is 13. The van der Waals surface area contributed by atoms with E-state index in [0.717, 1.165) is 50.4 Å². The summed E-state index contributed by atoms with van der Waals surface area (Å²) in [6, 6.07) is -6.67. The first kappa shape index (κ1) is 118. The molecule has 0 aromatic rings. The molecule has 3 fully saturated rings. The second kappa shape index (κ2) is 68.3. The summed E-state index contributed by atoms with van der Waals surface area (Å²) in [4.78, 5) is 272. The number of hydrogen-bond donors (Lipinski definition) is 15. The number of thioether (sulfide) groups is 2. The zero-order chi connectivity index (χ0) is 99.3. The van der Waals surface area contributed by atoms with Gasteiger partial charge in [0.1, 0.15) is 36.3 Å². The normalized spacial score (nSPS) is 23.0. The summed E-state index contributed by atoms with van der Waals surface area (Å²) < 4.78 is 44.3. The lowest BCUT2D eigenvalue weighted by molar-refractivity contribution is -0.140. The van der Waals surface area contributed by atoms with E-state index in [1.807, 2.05) is 20.8 Å². The number of hydrogen-bond acceptors (Lipinski definition) is 33. The SMILES string of the molecule is CC(=O)NC1CSC2CC(=O)N(CCC(=O)NCCOCCOCCC(=O)NC(C(=O)NC(CCCCNC(=O)CCN3C(=O)C=CC3=O)C(N)=O)CCCCNC(=O)CCOCCOCCNC(=O)CCN3C(=O)CC(SCC(NC(C)=O)C(=O)NCCOCCOCCC(=O)NC(C(=O)NC(CSSC(C)(C)C)C(N)=O)CCCCNC(=O)CCOCCOCCNC1=O)C3=O)C2=O. The Hall–Kier alpha value is -9.71. The van der Waals surface area contributed by atoms with Crippen LogP contribution in [-0.4, -0.2) is 379 Å². The Morgan fingerprint density at radius 3 is 1.21 bits per heavy atom. The molecule has 0 aromatic carbocycles. The third-order valence-electron chi connectivity index (χ3n) is 19.8. The van der Waals surface area contributed by atoms with Gasteiger partial charge >= 0.3 is 0 Å². The average Bonchev–Trinajstić information content (AvgIpc) is 1.69. The molecule has 4 aliphatic rings. The van der Waals surface area contributed by atoms with Gasteiger partial charge in [0.15, 0.2) is 0 Å². The fourth-order valence-electron chi connectivity index (χ4n) is 12.7. The van der Waals surface area contributed by atoms with E-state index in [4.69, 9.17) is 49.4 Å². The number of unbranched alkanes of at least 4 members (excludes halogenated alkanes) is 1. The van der Waals surface area contributed by atoms with Gasteiger partial charge in [-0.2, -0.15) is 0 Å². The highest BCUT2D eigenvalue weighted by Gasteiger charge is 2.42. The van der Waals surface area contributed by atoms with Gasteiger partial charge in [-0.3, -0.25) is 115 Å². The molecule has 4 aliphatic heterocycles. The van der Waals surface area contributed by atoms with Crippen molar-refractivity contribution in [3.05, 3.63) is 12.2 Å². The van der Waals surface area contributed by atoms with E-state index < -0.39 is 159 Å². The quantitative estimate of drug-likeness (QED) is 0.0327. The molecule has 3 saturated heterocycles. The fourth-order valence-corrected chi connectivity index (χ4v) is 17.6. The molecule has 8 unspecified atom stereocenters. The first-order valence-corrected chi connectivity index (χ1v) is 49.5. The number of primary amides is 2. The molecular formula is C84H136N18O29S4. The predicted octanol–water partition coefficient (Wildman–Crippen LogP) is -5.07. The summed E-state index contributed by atoms with van der Waals surface area (Å²) in [7, 11) is 2.85. The largest absolute Gasteiger partial charge is 0.379 e. The molecule has 17 N–H and O–H groups in total. The van der Waals surface area contributed by atoms with Crippen molar-refractivity contribution in [1.82, 2.24) is 83.8 Å². The summed E-state index contributed by atoms with van der Waals surface area (Å²) in [5, 5.41) is 32.9. The number of ether oxygens (including phenoxy) is 8. The first-order chi connectivity index (χ1) is 64.5. The summed E-state index contributed by atoms with van der Waals surface area (Å²) in [5.41, 5.74) is 11.4. The van der Waals surface area contributed by atoms with Crippen molar-refractivity contribution < 1.29 is 139 Å². The lowest BCUT2D eigenvalue weighted by Crippen LogP contribution is -2.53. The number of nitrogens with two attached hydrogens (primary N) is 2. The van der Waals surface area contributed by atoms with Crippen LogP contribution in [0.2, 0.25) is 0 Å². The number of rotatable bonds is 19. The standard InChI is InChI=1S/C84H136N18O29S4/c1-55(103)94-61-52-132-63-50-75(115)102(83(63)123)33-19-67(107)91-28-39-129-47-44-126-36-22-70(110)96-58(80(120)98-57(76(85)116)12-6-9-24-87-65(105)17-31-100-72(112)15-16-73(100)113)13-7-10-25-88-68(108)20-34-124-42-46-128-38-27-90-66(106)18-32-101-74(114)51-64(82(101)122)133-53-62(95-56(2)104)79(119)93-30-41-131-49-45-127-37-23-71(111)97-59(81(121)99-60(77(86)117)54-134-135-84(3,4)5)14-8-11-26-89-69(109)21-35-125-43-48-130-40-29-92-78(61)118/h15-16,57-64H,6-14,17-54H2,1-5H3,(H2,85,116)(H2,86,117)(H,87,105)(H,88,108)(H,89,109)(H,90,106)(H,91,107)(H,92,118)(H,93,119)(H,94,103)(H,95,104)(H,96,110)(H,97,111)(H,98,120)(H,99,121). The van der Waals surface area contributed by atoms with Crippen LogP contribution in [-0.2, 0) is 139 Å². The smallest absolute Gasteiger partial charge is 0.253 e. The van der Waals surface area contributed by atoms with Crippen LogP contribution < -0.4 is 80.6 Å². The van der Waals surface area contributed by atoms with Crippen molar-refractivity contribution >= 4 is 169 Å². The molecule has 4 bridgehead atoms. The van der Waals surface area contributed by atoms with E-state index in [1.165, 1.54) is 35.4 Å². The van der Waals surface area contributed by atoms with Crippen LogP contribution in [0.1, 0.15) is 150 Å². The summed E-state index contributed by atoms with van der Waals surface area (Å²) in [6.45, 7) is 9.29. The maximum Gasteiger partial charge on any atom is 0.253 e. The minimum Gasteiger partial charge on any atom is -0.379 e. The van der Waals surface area contributed by atoms with Gasteiger partial charge in [-0.05, 0) is 57.8 Å². The zero-order valence-corrected chi connectivity index (χ0v) is 80.7. The molecular weight excluding hydrogens is 1850 g/mol. The third kappa shape index (κ3) is 53.0. The van der Waals surface area contributed by atoms with Crippen molar-refractivity contribution in [2.75, 3.05) is 188 Å². The van der Waals surface area contributed by atoms with Crippen LogP contribution in [0.25, 0.3) is 0 Å². The molecule has 4 heterocycles. The highest BCUT2D eigenvalue weighted by atomic mass is 33.1. The monoisotopic (exact) mass is 1990 g/mol. The Kier molecular flexibility index (Phi) is 59.5. The van der Waals surface area contributed by atoms with E-state index in [0.29, 0.717) is 38.5 Å². The van der Waals surface area contributed by atoms with Crippen LogP contribution in [0.5, 0.6) is 0 Å². The van der Waals surface area contributed by atoms with Crippen LogP contribution in [0.3, 0.4) is 0 Å². The topological polar surface area (TPSA) is 650 Å². The Morgan fingerprint density at radius 2 is 0.822 bits per heavy atom. The summed E-state index contributed by atoms with van der Waals surface area (Å²) in [6.07, 6.45) is 3.28. The van der Waals surface area contributed by atoms with E-state index in [1.54, 1.807) is 0 Å². The Labute approximate surface area is 801 Å².